The molecule has 1 aromatic carbocycles. The lowest BCUT2D eigenvalue weighted by Gasteiger charge is -2.25. The predicted octanol–water partition coefficient (Wildman–Crippen LogP) is 1.62. The Bertz CT molecular complexity index is 461. The first-order chi connectivity index (χ1) is 9.11. The van der Waals surface area contributed by atoms with E-state index in [1.54, 1.807) is 7.05 Å². The highest BCUT2D eigenvalue weighted by atomic mass is 16.5. The lowest BCUT2D eigenvalue weighted by molar-refractivity contribution is -0.124. The van der Waals surface area contributed by atoms with Crippen LogP contribution in [-0.4, -0.2) is 24.6 Å². The van der Waals surface area contributed by atoms with Crippen LogP contribution >= 0.6 is 0 Å². The number of nitrogens with one attached hydrogen (secondary N) is 1. The van der Waals surface area contributed by atoms with Crippen LogP contribution in [0.3, 0.4) is 0 Å². The van der Waals surface area contributed by atoms with E-state index >= 15 is 0 Å². The first-order valence-corrected chi connectivity index (χ1v) is 6.84. The standard InChI is InChI=1S/C15H22N2O2/c1-3-11-6-4-5-7-13(11)19-12-8-9-15(10-12,17-2)14(16)18/h4-7,12,17H,3,8-10H2,1-2H3,(H2,16,18). The van der Waals surface area contributed by atoms with Gasteiger partial charge in [0.25, 0.3) is 0 Å². The first kappa shape index (κ1) is 13.9. The minimum atomic E-state index is -0.605. The summed E-state index contributed by atoms with van der Waals surface area (Å²) in [6.07, 6.45) is 3.21. The number of para-hydroxylation sites is 1. The molecule has 2 unspecified atom stereocenters. The van der Waals surface area contributed by atoms with Crippen LogP contribution in [0.2, 0.25) is 0 Å². The molecule has 0 aliphatic heterocycles. The second-order valence-corrected chi connectivity index (χ2v) is 5.14. The zero-order valence-electron chi connectivity index (χ0n) is 11.6. The highest BCUT2D eigenvalue weighted by molar-refractivity contribution is 5.85. The Balaban J connectivity index is 2.08. The van der Waals surface area contributed by atoms with Gasteiger partial charge in [0.15, 0.2) is 0 Å². The normalized spacial score (nSPS) is 26.3. The van der Waals surface area contributed by atoms with Gasteiger partial charge in [0, 0.05) is 6.42 Å². The number of carbonyl (C=O) groups excluding carboxylic acids is 1. The highest BCUT2D eigenvalue weighted by Gasteiger charge is 2.43. The summed E-state index contributed by atoms with van der Waals surface area (Å²) in [6.45, 7) is 2.11. The minimum absolute atomic E-state index is 0.0488. The molecular formula is C15H22N2O2. The molecule has 1 amide bonds. The van der Waals surface area contributed by atoms with Crippen molar-refractivity contribution in [3.05, 3.63) is 29.8 Å². The van der Waals surface area contributed by atoms with Gasteiger partial charge in [-0.3, -0.25) is 4.79 Å². The summed E-state index contributed by atoms with van der Waals surface area (Å²) in [5, 5.41) is 3.07. The molecule has 0 heterocycles. The number of benzene rings is 1. The molecule has 2 atom stereocenters. The third-order valence-corrected chi connectivity index (χ3v) is 4.07. The van der Waals surface area contributed by atoms with Gasteiger partial charge in [0.05, 0.1) is 0 Å². The van der Waals surface area contributed by atoms with Gasteiger partial charge in [0.2, 0.25) is 5.91 Å². The average Bonchev–Trinajstić information content (AvgIpc) is 2.84. The van der Waals surface area contributed by atoms with Crippen LogP contribution in [0.15, 0.2) is 24.3 Å². The average molecular weight is 262 g/mol. The van der Waals surface area contributed by atoms with E-state index < -0.39 is 5.54 Å². The molecule has 0 spiro atoms. The summed E-state index contributed by atoms with van der Waals surface area (Å²) in [5.41, 5.74) is 6.09. The molecule has 0 aromatic heterocycles. The fourth-order valence-electron chi connectivity index (χ4n) is 2.77. The molecule has 4 nitrogen and oxygen atoms in total. The molecule has 19 heavy (non-hydrogen) atoms. The summed E-state index contributed by atoms with van der Waals surface area (Å²) in [6, 6.07) is 8.05. The van der Waals surface area contributed by atoms with E-state index in [1.807, 2.05) is 18.2 Å². The SMILES string of the molecule is CCc1ccccc1OC1CCC(NC)(C(N)=O)C1. The van der Waals surface area contributed by atoms with E-state index in [0.29, 0.717) is 6.42 Å². The molecule has 4 heteroatoms. The van der Waals surface area contributed by atoms with Gasteiger partial charge in [-0.15, -0.1) is 0 Å². The number of ether oxygens (including phenoxy) is 1. The van der Waals surface area contributed by atoms with E-state index in [4.69, 9.17) is 10.5 Å². The summed E-state index contributed by atoms with van der Waals surface area (Å²) >= 11 is 0. The number of hydrogen-bond donors (Lipinski definition) is 2. The minimum Gasteiger partial charge on any atom is -0.490 e. The van der Waals surface area contributed by atoms with Crippen LogP contribution in [-0.2, 0) is 11.2 Å². The lowest BCUT2D eigenvalue weighted by atomic mass is 9.97. The molecule has 1 aliphatic rings. The van der Waals surface area contributed by atoms with Crippen molar-refractivity contribution in [3.63, 3.8) is 0 Å². The molecule has 3 N–H and O–H groups in total. The third-order valence-electron chi connectivity index (χ3n) is 4.07. The van der Waals surface area contributed by atoms with Crippen LogP contribution < -0.4 is 15.8 Å². The van der Waals surface area contributed by atoms with Crippen molar-refractivity contribution in [1.29, 1.82) is 0 Å². The summed E-state index contributed by atoms with van der Waals surface area (Å²) < 4.78 is 6.06. The topological polar surface area (TPSA) is 64.3 Å². The number of carbonyl (C=O) groups is 1. The van der Waals surface area contributed by atoms with Gasteiger partial charge in [0.1, 0.15) is 17.4 Å². The molecule has 2 rings (SSSR count). The second-order valence-electron chi connectivity index (χ2n) is 5.14. The van der Waals surface area contributed by atoms with Crippen molar-refractivity contribution in [3.8, 4) is 5.75 Å². The Hall–Kier alpha value is -1.55. The maximum Gasteiger partial charge on any atom is 0.237 e. The van der Waals surface area contributed by atoms with Crippen molar-refractivity contribution < 1.29 is 9.53 Å². The number of primary amides is 1. The van der Waals surface area contributed by atoms with Crippen LogP contribution in [0.4, 0.5) is 0 Å². The van der Waals surface area contributed by atoms with Gasteiger partial charge in [-0.25, -0.2) is 0 Å². The van der Waals surface area contributed by atoms with Crippen LogP contribution in [0.25, 0.3) is 0 Å². The van der Waals surface area contributed by atoms with Gasteiger partial charge in [-0.2, -0.15) is 0 Å². The van der Waals surface area contributed by atoms with Gasteiger partial charge < -0.3 is 15.8 Å². The zero-order valence-corrected chi connectivity index (χ0v) is 11.6. The number of likely N-dealkylation sites (N-methyl/N-ethyl adjacent to an activating group) is 1. The maximum absolute atomic E-state index is 11.6. The van der Waals surface area contributed by atoms with Crippen molar-refractivity contribution >= 4 is 5.91 Å². The van der Waals surface area contributed by atoms with Crippen molar-refractivity contribution in [1.82, 2.24) is 5.32 Å². The molecular weight excluding hydrogens is 240 g/mol. The Labute approximate surface area is 114 Å². The number of amides is 1. The summed E-state index contributed by atoms with van der Waals surface area (Å²) in [7, 11) is 1.78. The quantitative estimate of drug-likeness (QED) is 0.847. The van der Waals surface area contributed by atoms with Gasteiger partial charge in [-0.05, 0) is 37.9 Å². The lowest BCUT2D eigenvalue weighted by Crippen LogP contribution is -2.52. The molecule has 0 bridgehead atoms. The zero-order chi connectivity index (χ0) is 13.9. The predicted molar refractivity (Wildman–Crippen MR) is 75.1 cm³/mol. The van der Waals surface area contributed by atoms with Crippen molar-refractivity contribution in [2.75, 3.05) is 7.05 Å². The number of nitrogens with two attached hydrogens (primary N) is 1. The highest BCUT2D eigenvalue weighted by Crippen LogP contribution is 2.33. The summed E-state index contributed by atoms with van der Waals surface area (Å²) in [4.78, 5) is 11.6. The summed E-state index contributed by atoms with van der Waals surface area (Å²) in [5.74, 6) is 0.635. The first-order valence-electron chi connectivity index (χ1n) is 6.84. The van der Waals surface area contributed by atoms with E-state index in [9.17, 15) is 4.79 Å². The van der Waals surface area contributed by atoms with E-state index in [1.165, 1.54) is 5.56 Å². The Morgan fingerprint density at radius 1 is 1.53 bits per heavy atom. The third kappa shape index (κ3) is 2.73. The number of aryl methyl sites for hydroxylation is 1. The molecule has 1 saturated carbocycles. The maximum atomic E-state index is 11.6. The molecule has 104 valence electrons. The number of rotatable bonds is 5. The molecule has 0 radical (unpaired) electrons. The van der Waals surface area contributed by atoms with Crippen LogP contribution in [0.1, 0.15) is 31.7 Å². The van der Waals surface area contributed by atoms with E-state index in [0.717, 1.165) is 25.0 Å². The Morgan fingerprint density at radius 3 is 2.84 bits per heavy atom. The van der Waals surface area contributed by atoms with Gasteiger partial charge >= 0.3 is 0 Å². The van der Waals surface area contributed by atoms with Gasteiger partial charge in [-0.1, -0.05) is 25.1 Å². The molecule has 1 aromatic rings. The van der Waals surface area contributed by atoms with E-state index in [2.05, 4.69) is 18.3 Å². The molecule has 0 saturated heterocycles. The largest absolute Gasteiger partial charge is 0.490 e. The molecule has 1 fully saturated rings. The fourth-order valence-corrected chi connectivity index (χ4v) is 2.77. The van der Waals surface area contributed by atoms with Crippen molar-refractivity contribution in [2.24, 2.45) is 5.73 Å². The number of hydrogen-bond acceptors (Lipinski definition) is 3. The fraction of sp³-hybridized carbons (Fsp3) is 0.533. The second kappa shape index (κ2) is 5.61. The Morgan fingerprint density at radius 2 is 2.26 bits per heavy atom. The van der Waals surface area contributed by atoms with Crippen LogP contribution in [0.5, 0.6) is 5.75 Å². The van der Waals surface area contributed by atoms with E-state index in [-0.39, 0.29) is 12.0 Å². The molecule has 1 aliphatic carbocycles. The Kier molecular flexibility index (Phi) is 4.10. The smallest absolute Gasteiger partial charge is 0.237 e. The monoisotopic (exact) mass is 262 g/mol. The van der Waals surface area contributed by atoms with Crippen molar-refractivity contribution in [2.45, 2.75) is 44.2 Å². The van der Waals surface area contributed by atoms with Crippen LogP contribution in [0, 0.1) is 0 Å².